The Morgan fingerprint density at radius 2 is 1.39 bits per heavy atom. The van der Waals surface area contributed by atoms with Crippen LogP contribution in [0.4, 0.5) is 11.6 Å². The van der Waals surface area contributed by atoms with Crippen LogP contribution in [0, 0.1) is 12.3 Å². The molecule has 0 bridgehead atoms. The van der Waals surface area contributed by atoms with Gasteiger partial charge in [-0.15, -0.1) is 0 Å². The van der Waals surface area contributed by atoms with E-state index >= 15 is 0 Å². The van der Waals surface area contributed by atoms with E-state index in [4.69, 9.17) is 0 Å². The molecule has 2 aliphatic rings. The van der Waals surface area contributed by atoms with Crippen molar-refractivity contribution in [2.45, 2.75) is 110 Å². The van der Waals surface area contributed by atoms with E-state index in [0.717, 1.165) is 18.5 Å². The van der Waals surface area contributed by atoms with Gasteiger partial charge in [-0.2, -0.15) is 0 Å². The van der Waals surface area contributed by atoms with Crippen molar-refractivity contribution < 1.29 is 0 Å². The zero-order chi connectivity index (χ0) is 37.8. The van der Waals surface area contributed by atoms with Gasteiger partial charge in [0.2, 0.25) is 5.95 Å². The second kappa shape index (κ2) is 19.3. The van der Waals surface area contributed by atoms with E-state index in [0.29, 0.717) is 11.4 Å². The molecule has 0 unspecified atom stereocenters. The molecule has 0 radical (unpaired) electrons. The van der Waals surface area contributed by atoms with Crippen molar-refractivity contribution in [2.75, 3.05) is 48.6 Å². The van der Waals surface area contributed by atoms with E-state index in [1.807, 2.05) is 24.6 Å². The number of rotatable bonds is 20. The quantitative estimate of drug-likeness (QED) is 0.0718. The summed E-state index contributed by atoms with van der Waals surface area (Å²) < 4.78 is 3.12. The summed E-state index contributed by atoms with van der Waals surface area (Å²) in [6.45, 7) is 17.2. The lowest BCUT2D eigenvalue weighted by Crippen LogP contribution is -2.60. The fourth-order valence-electron chi connectivity index (χ4n) is 8.62. The fourth-order valence-corrected chi connectivity index (χ4v) is 8.90. The number of hydrogen-bond donors (Lipinski definition) is 1. The molecule has 288 valence electrons. The molecule has 1 aromatic heterocycles. The van der Waals surface area contributed by atoms with E-state index in [2.05, 4.69) is 119 Å². The van der Waals surface area contributed by atoms with Crippen LogP contribution in [0.3, 0.4) is 0 Å². The van der Waals surface area contributed by atoms with Crippen molar-refractivity contribution in [3.8, 4) is 0 Å². The maximum Gasteiger partial charge on any atom is 0.233 e. The van der Waals surface area contributed by atoms with Crippen molar-refractivity contribution in [3.05, 3.63) is 125 Å². The first-order valence-corrected chi connectivity index (χ1v) is 22.0. The average molecular weight is 744 g/mol. The van der Waals surface area contributed by atoms with Crippen LogP contribution in [-0.2, 0) is 24.7 Å². The molecule has 3 heterocycles. The normalized spacial score (nSPS) is 15.7. The van der Waals surface area contributed by atoms with Gasteiger partial charge in [0.25, 0.3) is 0 Å². The Labute approximate surface area is 331 Å². The first kappa shape index (κ1) is 40.1. The van der Waals surface area contributed by atoms with Crippen molar-refractivity contribution in [2.24, 2.45) is 5.41 Å². The van der Waals surface area contributed by atoms with Crippen LogP contribution in [0.2, 0.25) is 0 Å². The minimum atomic E-state index is -0.0313. The number of likely N-dealkylation sites (tertiary alicyclic amines) is 1. The van der Waals surface area contributed by atoms with E-state index < -0.39 is 0 Å². The summed E-state index contributed by atoms with van der Waals surface area (Å²) in [5, 5.41) is 0. The van der Waals surface area contributed by atoms with Crippen molar-refractivity contribution in [1.82, 2.24) is 14.9 Å². The molecule has 0 atom stereocenters. The van der Waals surface area contributed by atoms with Gasteiger partial charge in [0.1, 0.15) is 0 Å². The number of aromatic nitrogens is 2. The second-order valence-electron chi connectivity index (χ2n) is 16.7. The molecule has 1 spiro atoms. The van der Waals surface area contributed by atoms with Gasteiger partial charge in [0.15, 0.2) is 0 Å². The number of nitrogens with one attached hydrogen (secondary N) is 1. The number of hydrogen-bond acceptors (Lipinski definition) is 6. The molecule has 0 aliphatic carbocycles. The minimum Gasteiger partial charge on any atom is -0.370 e. The molecule has 0 amide bonds. The number of benzene rings is 3. The molecule has 4 aromatic rings. The van der Waals surface area contributed by atoms with Crippen LogP contribution in [0.5, 0.6) is 0 Å². The van der Waals surface area contributed by atoms with Gasteiger partial charge < -0.3 is 9.80 Å². The highest BCUT2D eigenvalue weighted by atomic mass is 32.2. The zero-order valence-electron chi connectivity index (χ0n) is 33.7. The van der Waals surface area contributed by atoms with Crippen molar-refractivity contribution >= 4 is 29.7 Å². The van der Waals surface area contributed by atoms with Gasteiger partial charge in [0, 0.05) is 47.8 Å². The molecule has 0 saturated carbocycles. The largest absolute Gasteiger partial charge is 0.370 e. The fraction of sp³-hybridized carbons (Fsp3) is 0.500. The molecule has 2 fully saturated rings. The summed E-state index contributed by atoms with van der Waals surface area (Å²) in [6, 6.07) is 27.5. The predicted molar refractivity (Wildman–Crippen MR) is 234 cm³/mol. The van der Waals surface area contributed by atoms with E-state index in [1.165, 1.54) is 154 Å². The Kier molecular flexibility index (Phi) is 14.3. The molecule has 2 saturated heterocycles. The van der Waals surface area contributed by atoms with Crippen LogP contribution < -0.4 is 9.62 Å². The average Bonchev–Trinajstić information content (AvgIpc) is 3.18. The van der Waals surface area contributed by atoms with Gasteiger partial charge in [-0.3, -0.25) is 4.72 Å². The molecule has 6 rings (SSSR count). The van der Waals surface area contributed by atoms with Gasteiger partial charge >= 0.3 is 0 Å². The third-order valence-corrected chi connectivity index (χ3v) is 12.8. The Bertz CT molecular complexity index is 1750. The highest BCUT2D eigenvalue weighted by Gasteiger charge is 2.44. The Morgan fingerprint density at radius 1 is 0.778 bits per heavy atom. The Balaban J connectivity index is 0.793. The topological polar surface area (TPSA) is 44.3 Å². The molecular weight excluding hydrogens is 679 g/mol. The monoisotopic (exact) mass is 743 g/mol. The molecule has 2 aliphatic heterocycles. The molecule has 3 aromatic carbocycles. The summed E-state index contributed by atoms with van der Waals surface area (Å²) in [4.78, 5) is 14.2. The summed E-state index contributed by atoms with van der Waals surface area (Å²) in [6.07, 6.45) is 22.6. The first-order chi connectivity index (χ1) is 26.3. The van der Waals surface area contributed by atoms with Gasteiger partial charge in [-0.25, -0.2) is 9.97 Å². The summed E-state index contributed by atoms with van der Waals surface area (Å²) >= 11 is 1.52. The Hall–Kier alpha value is -3.61. The lowest BCUT2D eigenvalue weighted by atomic mass is 9.71. The third-order valence-electron chi connectivity index (χ3n) is 12.4. The molecule has 54 heavy (non-hydrogen) atoms. The zero-order valence-corrected chi connectivity index (χ0v) is 34.5. The van der Waals surface area contributed by atoms with Crippen molar-refractivity contribution in [1.29, 1.82) is 0 Å². The maximum atomic E-state index is 4.61. The summed E-state index contributed by atoms with van der Waals surface area (Å²) in [5.74, 6) is 0.681. The van der Waals surface area contributed by atoms with Crippen LogP contribution in [0.25, 0.3) is 6.08 Å². The van der Waals surface area contributed by atoms with Gasteiger partial charge in [-0.05, 0) is 123 Å². The second-order valence-corrected chi connectivity index (χ2v) is 17.3. The van der Waals surface area contributed by atoms with Gasteiger partial charge in [-0.1, -0.05) is 132 Å². The molecular formula is C48H65N5S. The molecule has 5 nitrogen and oxygen atoms in total. The summed E-state index contributed by atoms with van der Waals surface area (Å²) in [5.41, 5.74) is 11.1. The van der Waals surface area contributed by atoms with Crippen LogP contribution >= 0.6 is 11.9 Å². The van der Waals surface area contributed by atoms with Crippen LogP contribution in [-0.4, -0.2) is 53.8 Å². The number of nitrogens with zero attached hydrogens (tertiary/aromatic N) is 4. The number of anilines is 2. The molecule has 1 N–H and O–H groups in total. The number of aryl methyl sites for hydroxylation is 4. The van der Waals surface area contributed by atoms with E-state index in [-0.39, 0.29) is 5.41 Å². The van der Waals surface area contributed by atoms with E-state index in [1.54, 1.807) is 0 Å². The van der Waals surface area contributed by atoms with Crippen LogP contribution in [0.1, 0.15) is 117 Å². The Morgan fingerprint density at radius 3 is 2.00 bits per heavy atom. The first-order valence-electron chi connectivity index (χ1n) is 20.8. The minimum absolute atomic E-state index is 0.0313. The third kappa shape index (κ3) is 10.8. The lowest BCUT2D eigenvalue weighted by molar-refractivity contribution is 0.0754. The lowest BCUT2D eigenvalue weighted by Gasteiger charge is -2.55. The smallest absolute Gasteiger partial charge is 0.233 e. The standard InChI is InChI=1S/C48H65N5S/c1-6-41-21-27-45(35-38(41)2)53-36-48(37-53)29-33-52(34-30-48)32-14-12-10-8-7-9-11-13-15-39-16-22-42(23-17-39)47(3,4)43-24-18-40(19-25-43)20-26-44-28-31-49-46(50-44)51-54-5/h6,16-19,21-25,27-28,31,35H,1,7-15,20,26,29-30,32-34,36-37H2,2-5H3,(H,49,50,51). The molecule has 6 heteroatoms. The predicted octanol–water partition coefficient (Wildman–Crippen LogP) is 11.5. The number of unbranched alkanes of at least 4 members (excludes halogenated alkanes) is 7. The SMILES string of the molecule is C=Cc1ccc(N2CC3(CCN(CCCCCCCCCCc4ccc(C(C)(C)c5ccc(CCc6ccnc(NSC)n6)cc5)cc4)CC3)C2)cc1C. The van der Waals surface area contributed by atoms with E-state index in [9.17, 15) is 0 Å². The van der Waals surface area contributed by atoms with Crippen LogP contribution in [0.15, 0.2) is 85.6 Å². The van der Waals surface area contributed by atoms with Gasteiger partial charge in [0.05, 0.1) is 0 Å². The maximum absolute atomic E-state index is 4.61. The number of piperidine rings is 1. The van der Waals surface area contributed by atoms with Crippen molar-refractivity contribution in [3.63, 3.8) is 0 Å². The summed E-state index contributed by atoms with van der Waals surface area (Å²) in [7, 11) is 0. The highest BCUT2D eigenvalue weighted by Crippen LogP contribution is 2.43. The highest BCUT2D eigenvalue weighted by molar-refractivity contribution is 7.99.